The van der Waals surface area contributed by atoms with Gasteiger partial charge in [0.05, 0.1) is 12.7 Å². The number of rotatable bonds is 4. The zero-order valence-electron chi connectivity index (χ0n) is 9.35. The van der Waals surface area contributed by atoms with Gasteiger partial charge in [0.1, 0.15) is 17.2 Å². The van der Waals surface area contributed by atoms with Crippen molar-refractivity contribution in [3.63, 3.8) is 0 Å². The van der Waals surface area contributed by atoms with Crippen LogP contribution in [-0.4, -0.2) is 26.2 Å². The highest BCUT2D eigenvalue weighted by molar-refractivity contribution is 5.92. The minimum atomic E-state index is -1.27. The highest BCUT2D eigenvalue weighted by Crippen LogP contribution is 2.14. The molecule has 0 spiro atoms. The van der Waals surface area contributed by atoms with Crippen LogP contribution in [0.2, 0.25) is 0 Å². The number of carboxylic acid groups (broad SMARTS) is 1. The fraction of sp³-hybridized carbons (Fsp3) is 0.200. The first kappa shape index (κ1) is 12.0. The number of pyridine rings is 1. The van der Waals surface area contributed by atoms with Gasteiger partial charge < -0.3 is 14.9 Å². The van der Waals surface area contributed by atoms with E-state index >= 15 is 0 Å². The van der Waals surface area contributed by atoms with E-state index in [-0.39, 0.29) is 23.8 Å². The van der Waals surface area contributed by atoms with Crippen molar-refractivity contribution in [3.05, 3.63) is 35.4 Å². The highest BCUT2D eigenvalue weighted by Gasteiger charge is 2.13. The van der Waals surface area contributed by atoms with Crippen LogP contribution >= 0.6 is 0 Å². The molecule has 94 valence electrons. The Labute approximate surface area is 101 Å². The Morgan fingerprint density at radius 2 is 2.39 bits per heavy atom. The summed E-state index contributed by atoms with van der Waals surface area (Å²) in [6.45, 7) is 1.77. The van der Waals surface area contributed by atoms with Crippen molar-refractivity contribution in [1.29, 1.82) is 0 Å². The Kier molecular flexibility index (Phi) is 3.18. The third-order valence-corrected chi connectivity index (χ3v) is 2.06. The number of nitrogens with zero attached hydrogens (tertiary/aromatic N) is 3. The van der Waals surface area contributed by atoms with E-state index in [0.29, 0.717) is 5.82 Å². The molecule has 8 heteroatoms. The Morgan fingerprint density at radius 3 is 3.00 bits per heavy atom. The predicted molar refractivity (Wildman–Crippen MR) is 57.5 cm³/mol. The molecule has 0 aliphatic heterocycles. The Morgan fingerprint density at radius 1 is 1.61 bits per heavy atom. The van der Waals surface area contributed by atoms with E-state index in [0.717, 1.165) is 12.3 Å². The van der Waals surface area contributed by atoms with Gasteiger partial charge in [0.25, 0.3) is 0 Å². The molecule has 18 heavy (non-hydrogen) atoms. The smallest absolute Gasteiger partial charge is 0.339 e. The van der Waals surface area contributed by atoms with Crippen LogP contribution in [0.4, 0.5) is 10.2 Å². The normalized spacial score (nSPS) is 10.3. The molecule has 0 unspecified atom stereocenters. The quantitative estimate of drug-likeness (QED) is 0.843. The summed E-state index contributed by atoms with van der Waals surface area (Å²) >= 11 is 0. The third kappa shape index (κ3) is 2.59. The van der Waals surface area contributed by atoms with E-state index in [4.69, 9.17) is 9.63 Å². The zero-order valence-corrected chi connectivity index (χ0v) is 9.35. The van der Waals surface area contributed by atoms with Crippen molar-refractivity contribution in [2.75, 3.05) is 5.32 Å². The van der Waals surface area contributed by atoms with Crippen LogP contribution in [0.25, 0.3) is 0 Å². The van der Waals surface area contributed by atoms with Crippen LogP contribution < -0.4 is 5.32 Å². The van der Waals surface area contributed by atoms with Crippen molar-refractivity contribution in [1.82, 2.24) is 15.1 Å². The van der Waals surface area contributed by atoms with Gasteiger partial charge in [-0.15, -0.1) is 0 Å². The SMILES string of the molecule is Cc1noc(CNc2ncc(F)cc2C(=O)O)n1. The average molecular weight is 252 g/mol. The summed E-state index contributed by atoms with van der Waals surface area (Å²) in [5.74, 6) is -1.19. The fourth-order valence-electron chi connectivity index (χ4n) is 1.31. The molecule has 2 heterocycles. The summed E-state index contributed by atoms with van der Waals surface area (Å²) in [6, 6.07) is 0.886. The summed E-state index contributed by atoms with van der Waals surface area (Å²) in [4.78, 5) is 18.5. The Bertz CT molecular complexity index is 584. The van der Waals surface area contributed by atoms with E-state index in [1.165, 1.54) is 0 Å². The maximum atomic E-state index is 12.9. The number of aromatic nitrogens is 3. The van der Waals surface area contributed by atoms with Crippen LogP contribution in [0.1, 0.15) is 22.1 Å². The summed E-state index contributed by atoms with van der Waals surface area (Å²) in [5, 5.41) is 15.2. The number of nitrogens with one attached hydrogen (secondary N) is 1. The average Bonchev–Trinajstić information content (AvgIpc) is 2.73. The largest absolute Gasteiger partial charge is 0.478 e. The first-order valence-electron chi connectivity index (χ1n) is 4.98. The molecule has 0 bridgehead atoms. The van der Waals surface area contributed by atoms with E-state index in [2.05, 4.69) is 20.4 Å². The zero-order chi connectivity index (χ0) is 13.1. The molecule has 0 radical (unpaired) electrons. The standard InChI is InChI=1S/C10H9FN4O3/c1-5-14-8(18-15-5)4-13-9-7(10(16)17)2-6(11)3-12-9/h2-3H,4H2,1H3,(H,12,13)(H,16,17). The third-order valence-electron chi connectivity index (χ3n) is 2.06. The molecule has 0 saturated heterocycles. The van der Waals surface area contributed by atoms with Gasteiger partial charge in [0.15, 0.2) is 5.82 Å². The Hall–Kier alpha value is -2.51. The summed E-state index contributed by atoms with van der Waals surface area (Å²) in [7, 11) is 0. The van der Waals surface area contributed by atoms with Crippen LogP contribution in [0.3, 0.4) is 0 Å². The molecule has 0 fully saturated rings. The van der Waals surface area contributed by atoms with E-state index < -0.39 is 11.8 Å². The number of hydrogen-bond acceptors (Lipinski definition) is 6. The van der Waals surface area contributed by atoms with Gasteiger partial charge in [-0.1, -0.05) is 5.16 Å². The number of halogens is 1. The van der Waals surface area contributed by atoms with Crippen LogP contribution in [0, 0.1) is 12.7 Å². The maximum absolute atomic E-state index is 12.9. The number of aryl methyl sites for hydroxylation is 1. The molecule has 2 N–H and O–H groups in total. The van der Waals surface area contributed by atoms with Crippen LogP contribution in [0.15, 0.2) is 16.8 Å². The molecule has 2 aromatic rings. The van der Waals surface area contributed by atoms with Gasteiger partial charge in [-0.25, -0.2) is 14.2 Å². The van der Waals surface area contributed by atoms with Gasteiger partial charge in [-0.05, 0) is 13.0 Å². The molecule has 0 amide bonds. The van der Waals surface area contributed by atoms with E-state index in [1.807, 2.05) is 0 Å². The lowest BCUT2D eigenvalue weighted by atomic mass is 10.2. The Balaban J connectivity index is 2.16. The van der Waals surface area contributed by atoms with Crippen molar-refractivity contribution < 1.29 is 18.8 Å². The van der Waals surface area contributed by atoms with Crippen LogP contribution in [0.5, 0.6) is 0 Å². The summed E-state index contributed by atoms with van der Waals surface area (Å²) in [6.07, 6.45) is 0.924. The second kappa shape index (κ2) is 4.78. The van der Waals surface area contributed by atoms with Crippen molar-refractivity contribution in [2.45, 2.75) is 13.5 Å². The molecule has 2 rings (SSSR count). The minimum absolute atomic E-state index is 0.0414. The second-order valence-corrected chi connectivity index (χ2v) is 3.44. The predicted octanol–water partition coefficient (Wildman–Crippen LogP) is 1.22. The molecular formula is C10H9FN4O3. The molecule has 0 saturated carbocycles. The molecule has 7 nitrogen and oxygen atoms in total. The summed E-state index contributed by atoms with van der Waals surface area (Å²) in [5.41, 5.74) is -0.258. The monoisotopic (exact) mass is 252 g/mol. The molecule has 2 aromatic heterocycles. The first-order valence-corrected chi connectivity index (χ1v) is 4.98. The number of aromatic carboxylic acids is 1. The van der Waals surface area contributed by atoms with Gasteiger partial charge in [-0.2, -0.15) is 4.98 Å². The van der Waals surface area contributed by atoms with E-state index in [1.54, 1.807) is 6.92 Å². The van der Waals surface area contributed by atoms with Gasteiger partial charge >= 0.3 is 5.97 Å². The fourth-order valence-corrected chi connectivity index (χ4v) is 1.31. The highest BCUT2D eigenvalue weighted by atomic mass is 19.1. The van der Waals surface area contributed by atoms with Crippen molar-refractivity contribution >= 4 is 11.8 Å². The molecule has 0 aliphatic rings. The van der Waals surface area contributed by atoms with Gasteiger partial charge in [0, 0.05) is 0 Å². The number of hydrogen-bond donors (Lipinski definition) is 2. The van der Waals surface area contributed by atoms with Crippen LogP contribution in [-0.2, 0) is 6.54 Å². The summed E-state index contributed by atoms with van der Waals surface area (Å²) < 4.78 is 17.7. The number of carboxylic acids is 1. The van der Waals surface area contributed by atoms with Gasteiger partial charge in [-0.3, -0.25) is 0 Å². The van der Waals surface area contributed by atoms with Gasteiger partial charge in [0.2, 0.25) is 5.89 Å². The lowest BCUT2D eigenvalue weighted by molar-refractivity contribution is 0.0697. The minimum Gasteiger partial charge on any atom is -0.478 e. The maximum Gasteiger partial charge on any atom is 0.339 e. The number of carbonyl (C=O) groups is 1. The molecule has 0 atom stereocenters. The van der Waals surface area contributed by atoms with E-state index in [9.17, 15) is 9.18 Å². The number of anilines is 1. The topological polar surface area (TPSA) is 101 Å². The first-order chi connectivity index (χ1) is 8.56. The molecular weight excluding hydrogens is 243 g/mol. The lowest BCUT2D eigenvalue weighted by Gasteiger charge is -2.05. The van der Waals surface area contributed by atoms with Crippen molar-refractivity contribution in [3.8, 4) is 0 Å². The lowest BCUT2D eigenvalue weighted by Crippen LogP contribution is -2.09. The van der Waals surface area contributed by atoms with Crippen molar-refractivity contribution in [2.24, 2.45) is 0 Å². The molecule has 0 aromatic carbocycles. The second-order valence-electron chi connectivity index (χ2n) is 3.44. The molecule has 0 aliphatic carbocycles.